The number of hydrogen-bond acceptors (Lipinski definition) is 9. The molecule has 2 aliphatic rings. The van der Waals surface area contributed by atoms with Crippen molar-refractivity contribution in [3.63, 3.8) is 0 Å². The van der Waals surface area contributed by atoms with Crippen LogP contribution >= 0.6 is 0 Å². The summed E-state index contributed by atoms with van der Waals surface area (Å²) in [6.07, 6.45) is 5.56. The molecule has 2 unspecified atom stereocenters. The SMILES string of the molecule is CCN1CCCC1CNc1nc(Nc2ccc(OC)c(F)c2)nc(NC2CCCNCC2)n1. The summed E-state index contributed by atoms with van der Waals surface area (Å²) in [6, 6.07) is 5.46. The Bertz CT molecular complexity index is 906. The van der Waals surface area contributed by atoms with E-state index in [4.69, 9.17) is 4.74 Å². The molecule has 0 saturated carbocycles. The van der Waals surface area contributed by atoms with Crippen molar-refractivity contribution in [1.29, 1.82) is 0 Å². The fraction of sp³-hybridized carbons (Fsp3) is 0.609. The number of nitrogens with zero attached hydrogens (tertiary/aromatic N) is 4. The predicted octanol–water partition coefficient (Wildman–Crippen LogP) is 3.21. The fourth-order valence-corrected chi connectivity index (χ4v) is 4.55. The van der Waals surface area contributed by atoms with E-state index in [-0.39, 0.29) is 5.75 Å². The number of nitrogens with one attached hydrogen (secondary N) is 4. The van der Waals surface area contributed by atoms with Crippen LogP contribution < -0.4 is 26.0 Å². The van der Waals surface area contributed by atoms with Crippen LogP contribution in [0, 0.1) is 5.82 Å². The number of rotatable bonds is 9. The molecule has 10 heteroatoms. The second-order valence-corrected chi connectivity index (χ2v) is 8.61. The number of anilines is 4. The van der Waals surface area contributed by atoms with Crippen LogP contribution in [-0.4, -0.2) is 71.8 Å². The third-order valence-corrected chi connectivity index (χ3v) is 6.35. The molecule has 9 nitrogen and oxygen atoms in total. The number of ether oxygens (including phenoxy) is 1. The van der Waals surface area contributed by atoms with E-state index in [0.717, 1.165) is 52.0 Å². The number of aromatic nitrogens is 3. The highest BCUT2D eigenvalue weighted by atomic mass is 19.1. The van der Waals surface area contributed by atoms with Gasteiger partial charge in [0.25, 0.3) is 0 Å². The molecule has 0 spiro atoms. The molecule has 1 aromatic carbocycles. The lowest BCUT2D eigenvalue weighted by Crippen LogP contribution is -2.35. The van der Waals surface area contributed by atoms with Crippen LogP contribution in [0.15, 0.2) is 18.2 Å². The van der Waals surface area contributed by atoms with E-state index in [1.165, 1.54) is 26.0 Å². The van der Waals surface area contributed by atoms with Crippen LogP contribution in [0.5, 0.6) is 5.75 Å². The molecule has 2 aliphatic heterocycles. The minimum Gasteiger partial charge on any atom is -0.494 e. The zero-order chi connectivity index (χ0) is 23.0. The van der Waals surface area contributed by atoms with E-state index in [1.807, 2.05) is 0 Å². The molecule has 4 rings (SSSR count). The van der Waals surface area contributed by atoms with Gasteiger partial charge in [-0.15, -0.1) is 0 Å². The smallest absolute Gasteiger partial charge is 0.233 e. The Balaban J connectivity index is 1.52. The summed E-state index contributed by atoms with van der Waals surface area (Å²) in [5, 5.41) is 13.4. The van der Waals surface area contributed by atoms with Crippen molar-refractivity contribution < 1.29 is 9.13 Å². The van der Waals surface area contributed by atoms with E-state index in [9.17, 15) is 4.39 Å². The quantitative estimate of drug-likeness (QED) is 0.451. The Morgan fingerprint density at radius 3 is 2.76 bits per heavy atom. The number of halogens is 1. The summed E-state index contributed by atoms with van der Waals surface area (Å²) in [7, 11) is 1.44. The monoisotopic (exact) mass is 458 g/mol. The zero-order valence-corrected chi connectivity index (χ0v) is 19.5. The molecule has 33 heavy (non-hydrogen) atoms. The highest BCUT2D eigenvalue weighted by Gasteiger charge is 2.23. The predicted molar refractivity (Wildman–Crippen MR) is 129 cm³/mol. The van der Waals surface area contributed by atoms with E-state index in [2.05, 4.69) is 48.0 Å². The van der Waals surface area contributed by atoms with Gasteiger partial charge in [0, 0.05) is 30.4 Å². The van der Waals surface area contributed by atoms with Gasteiger partial charge in [0.2, 0.25) is 17.8 Å². The molecule has 3 heterocycles. The largest absolute Gasteiger partial charge is 0.494 e. The first-order valence-electron chi connectivity index (χ1n) is 12.0. The maximum atomic E-state index is 14.2. The highest BCUT2D eigenvalue weighted by Crippen LogP contribution is 2.24. The third-order valence-electron chi connectivity index (χ3n) is 6.35. The standard InChI is InChI=1S/C23H35FN8O/c1-3-32-13-5-7-18(32)15-26-21-29-22(27-16-6-4-11-25-12-10-16)31-23(30-21)28-17-8-9-20(33-2)19(24)14-17/h8-9,14,16,18,25H,3-7,10-13,15H2,1-2H3,(H3,26,27,28,29,30,31). The van der Waals surface area contributed by atoms with Gasteiger partial charge < -0.3 is 26.0 Å². The lowest BCUT2D eigenvalue weighted by Gasteiger charge is -2.23. The van der Waals surface area contributed by atoms with E-state index < -0.39 is 5.82 Å². The lowest BCUT2D eigenvalue weighted by atomic mass is 10.1. The molecular formula is C23H35FN8O. The van der Waals surface area contributed by atoms with E-state index >= 15 is 0 Å². The zero-order valence-electron chi connectivity index (χ0n) is 19.5. The van der Waals surface area contributed by atoms with Crippen molar-refractivity contribution >= 4 is 23.5 Å². The first kappa shape index (κ1) is 23.4. The van der Waals surface area contributed by atoms with Gasteiger partial charge in [-0.05, 0) is 70.4 Å². The van der Waals surface area contributed by atoms with Crippen molar-refractivity contribution in [3.8, 4) is 5.75 Å². The van der Waals surface area contributed by atoms with Gasteiger partial charge in [-0.25, -0.2) is 4.39 Å². The van der Waals surface area contributed by atoms with E-state index in [1.54, 1.807) is 12.1 Å². The Hall–Kier alpha value is -2.72. The van der Waals surface area contributed by atoms with Crippen molar-refractivity contribution in [3.05, 3.63) is 24.0 Å². The maximum Gasteiger partial charge on any atom is 0.233 e. The van der Waals surface area contributed by atoms with Crippen LogP contribution in [0.4, 0.5) is 27.9 Å². The summed E-state index contributed by atoms with van der Waals surface area (Å²) >= 11 is 0. The van der Waals surface area contributed by atoms with Gasteiger partial charge in [0.05, 0.1) is 7.11 Å². The number of methoxy groups -OCH3 is 1. The van der Waals surface area contributed by atoms with Crippen molar-refractivity contribution in [2.75, 3.05) is 55.8 Å². The summed E-state index contributed by atoms with van der Waals surface area (Å²) in [6.45, 7) is 7.16. The summed E-state index contributed by atoms with van der Waals surface area (Å²) < 4.78 is 19.2. The minimum absolute atomic E-state index is 0.194. The molecule has 2 aromatic rings. The Kier molecular flexibility index (Phi) is 8.11. The normalized spacial score (nSPS) is 21.4. The second-order valence-electron chi connectivity index (χ2n) is 8.61. The maximum absolute atomic E-state index is 14.2. The Labute approximate surface area is 194 Å². The number of likely N-dealkylation sites (N-methyl/N-ethyl adjacent to an activating group) is 1. The van der Waals surface area contributed by atoms with Gasteiger partial charge in [-0.1, -0.05) is 6.92 Å². The second kappa shape index (κ2) is 11.4. The Morgan fingerprint density at radius 2 is 1.94 bits per heavy atom. The van der Waals surface area contributed by atoms with Crippen molar-refractivity contribution in [2.45, 2.75) is 51.1 Å². The number of likely N-dealkylation sites (tertiary alicyclic amines) is 1. The lowest BCUT2D eigenvalue weighted by molar-refractivity contribution is 0.277. The van der Waals surface area contributed by atoms with Crippen LogP contribution in [0.1, 0.15) is 39.0 Å². The summed E-state index contributed by atoms with van der Waals surface area (Å²) in [5.41, 5.74) is 0.544. The Morgan fingerprint density at radius 1 is 1.09 bits per heavy atom. The van der Waals surface area contributed by atoms with Gasteiger partial charge >= 0.3 is 0 Å². The molecule has 0 amide bonds. The molecule has 0 radical (unpaired) electrons. The van der Waals surface area contributed by atoms with Crippen LogP contribution in [0.2, 0.25) is 0 Å². The molecule has 1 aromatic heterocycles. The molecule has 2 atom stereocenters. The average Bonchev–Trinajstić information content (AvgIpc) is 3.12. The molecule has 2 fully saturated rings. The molecule has 180 valence electrons. The van der Waals surface area contributed by atoms with Crippen molar-refractivity contribution in [2.24, 2.45) is 0 Å². The first-order valence-corrected chi connectivity index (χ1v) is 12.0. The van der Waals surface area contributed by atoms with Gasteiger partial charge in [-0.3, -0.25) is 4.90 Å². The topological polar surface area (TPSA) is 99.3 Å². The summed E-state index contributed by atoms with van der Waals surface area (Å²) in [4.78, 5) is 16.2. The molecule has 0 bridgehead atoms. The van der Waals surface area contributed by atoms with Crippen molar-refractivity contribution in [1.82, 2.24) is 25.2 Å². The molecule has 4 N–H and O–H groups in total. The minimum atomic E-state index is -0.444. The molecular weight excluding hydrogens is 423 g/mol. The first-order chi connectivity index (χ1) is 16.1. The van der Waals surface area contributed by atoms with Crippen LogP contribution in [0.3, 0.4) is 0 Å². The van der Waals surface area contributed by atoms with E-state index in [0.29, 0.717) is 35.6 Å². The molecule has 2 saturated heterocycles. The van der Waals surface area contributed by atoms with Gasteiger partial charge in [0.15, 0.2) is 11.6 Å². The average molecular weight is 459 g/mol. The van der Waals surface area contributed by atoms with Crippen LogP contribution in [-0.2, 0) is 0 Å². The van der Waals surface area contributed by atoms with Crippen LogP contribution in [0.25, 0.3) is 0 Å². The number of hydrogen-bond donors (Lipinski definition) is 4. The summed E-state index contributed by atoms with van der Waals surface area (Å²) in [5.74, 6) is 1.15. The van der Waals surface area contributed by atoms with Gasteiger partial charge in [-0.2, -0.15) is 15.0 Å². The highest BCUT2D eigenvalue weighted by molar-refractivity contribution is 5.57. The molecule has 0 aliphatic carbocycles. The number of benzene rings is 1. The van der Waals surface area contributed by atoms with Gasteiger partial charge in [0.1, 0.15) is 0 Å². The fourth-order valence-electron chi connectivity index (χ4n) is 4.55. The third kappa shape index (κ3) is 6.42.